The summed E-state index contributed by atoms with van der Waals surface area (Å²) in [6.07, 6.45) is 0. The van der Waals surface area contributed by atoms with Crippen molar-refractivity contribution in [2.75, 3.05) is 23.8 Å². The lowest BCUT2D eigenvalue weighted by molar-refractivity contribution is 0.307. The minimum atomic E-state index is 0.568. The first-order valence-electron chi connectivity index (χ1n) is 7.50. The van der Waals surface area contributed by atoms with Gasteiger partial charge >= 0.3 is 0 Å². The lowest BCUT2D eigenvalue weighted by atomic mass is 10.0. The van der Waals surface area contributed by atoms with Gasteiger partial charge in [-0.3, -0.25) is 0 Å². The van der Waals surface area contributed by atoms with Gasteiger partial charge in [0.05, 0.1) is 12.2 Å². The average molecular weight is 282 g/mol. The molecule has 0 saturated carbocycles. The molecule has 0 amide bonds. The van der Waals surface area contributed by atoms with Crippen LogP contribution in [0.5, 0.6) is 5.75 Å². The van der Waals surface area contributed by atoms with Crippen LogP contribution in [0, 0.1) is 0 Å². The van der Waals surface area contributed by atoms with Gasteiger partial charge in [-0.15, -0.1) is 0 Å². The number of nitrogens with two attached hydrogens (primary N) is 1. The van der Waals surface area contributed by atoms with Gasteiger partial charge in [-0.1, -0.05) is 44.2 Å². The van der Waals surface area contributed by atoms with Gasteiger partial charge in [0.2, 0.25) is 0 Å². The highest BCUT2D eigenvalue weighted by Gasteiger charge is 2.20. The molecule has 3 heteroatoms. The van der Waals surface area contributed by atoms with Crippen LogP contribution in [0.2, 0.25) is 0 Å². The second-order valence-electron chi connectivity index (χ2n) is 5.86. The van der Waals surface area contributed by atoms with Gasteiger partial charge in [-0.25, -0.2) is 0 Å². The number of ether oxygens (including phenoxy) is 1. The largest absolute Gasteiger partial charge is 0.489 e. The highest BCUT2D eigenvalue weighted by atomic mass is 16.5. The highest BCUT2D eigenvalue weighted by Crippen LogP contribution is 2.37. The summed E-state index contributed by atoms with van der Waals surface area (Å²) in [5, 5.41) is 0. The fourth-order valence-electron chi connectivity index (χ4n) is 2.76. The summed E-state index contributed by atoms with van der Waals surface area (Å²) >= 11 is 0. The molecule has 0 aliphatic carbocycles. The van der Waals surface area contributed by atoms with E-state index in [9.17, 15) is 0 Å². The number of hydrogen-bond donors (Lipinski definition) is 1. The van der Waals surface area contributed by atoms with Gasteiger partial charge < -0.3 is 15.4 Å². The molecule has 0 radical (unpaired) electrons. The Hall–Kier alpha value is -2.16. The summed E-state index contributed by atoms with van der Waals surface area (Å²) < 4.78 is 5.70. The maximum Gasteiger partial charge on any atom is 0.144 e. The normalized spacial score (nSPS) is 14.0. The molecule has 1 aliphatic rings. The summed E-state index contributed by atoms with van der Waals surface area (Å²) in [5.74, 6) is 1.46. The van der Waals surface area contributed by atoms with Gasteiger partial charge in [0, 0.05) is 6.54 Å². The fourth-order valence-corrected chi connectivity index (χ4v) is 2.76. The lowest BCUT2D eigenvalue weighted by Crippen LogP contribution is -2.32. The van der Waals surface area contributed by atoms with Crippen LogP contribution < -0.4 is 15.4 Å². The molecule has 0 unspecified atom stereocenters. The number of nitrogens with zero attached hydrogens (tertiary/aromatic N) is 1. The highest BCUT2D eigenvalue weighted by molar-refractivity contribution is 5.75. The molecule has 3 rings (SSSR count). The van der Waals surface area contributed by atoms with E-state index in [4.69, 9.17) is 10.5 Å². The van der Waals surface area contributed by atoms with E-state index in [1.54, 1.807) is 0 Å². The smallest absolute Gasteiger partial charge is 0.144 e. The zero-order valence-electron chi connectivity index (χ0n) is 12.7. The average Bonchev–Trinajstić information content (AvgIpc) is 2.48. The van der Waals surface area contributed by atoms with Crippen LogP contribution in [0.25, 0.3) is 0 Å². The Labute approximate surface area is 126 Å². The Balaban J connectivity index is 1.83. The van der Waals surface area contributed by atoms with Crippen molar-refractivity contribution in [1.82, 2.24) is 0 Å². The third-order valence-corrected chi connectivity index (χ3v) is 3.99. The summed E-state index contributed by atoms with van der Waals surface area (Å²) in [6, 6.07) is 14.7. The summed E-state index contributed by atoms with van der Waals surface area (Å²) in [6.45, 7) is 6.87. The first-order valence-corrected chi connectivity index (χ1v) is 7.50. The van der Waals surface area contributed by atoms with Crippen molar-refractivity contribution in [3.8, 4) is 5.75 Å². The van der Waals surface area contributed by atoms with E-state index in [1.165, 1.54) is 11.1 Å². The maximum atomic E-state index is 6.13. The molecule has 2 aromatic carbocycles. The molecule has 2 aromatic rings. The van der Waals surface area contributed by atoms with Gasteiger partial charge in [0.25, 0.3) is 0 Å². The Morgan fingerprint density at radius 3 is 2.62 bits per heavy atom. The molecule has 1 aliphatic heterocycles. The topological polar surface area (TPSA) is 38.5 Å². The van der Waals surface area contributed by atoms with E-state index in [-0.39, 0.29) is 0 Å². The molecule has 0 bridgehead atoms. The van der Waals surface area contributed by atoms with Crippen LogP contribution in [-0.4, -0.2) is 13.2 Å². The quantitative estimate of drug-likeness (QED) is 0.870. The second-order valence-corrected chi connectivity index (χ2v) is 5.86. The molecule has 110 valence electrons. The minimum Gasteiger partial charge on any atom is -0.489 e. The summed E-state index contributed by atoms with van der Waals surface area (Å²) in [5.41, 5.74) is 10.6. The van der Waals surface area contributed by atoms with Gasteiger partial charge in [-0.2, -0.15) is 0 Å². The Kier molecular flexibility index (Phi) is 3.74. The van der Waals surface area contributed by atoms with Crippen molar-refractivity contribution in [3.05, 3.63) is 53.6 Å². The molecule has 0 aromatic heterocycles. The Bertz CT molecular complexity index is 620. The van der Waals surface area contributed by atoms with E-state index >= 15 is 0 Å². The molecule has 0 fully saturated rings. The molecular weight excluding hydrogens is 260 g/mol. The first kappa shape index (κ1) is 13.8. The van der Waals surface area contributed by atoms with Crippen LogP contribution in [0.3, 0.4) is 0 Å². The number of benzene rings is 2. The monoisotopic (exact) mass is 282 g/mol. The van der Waals surface area contributed by atoms with E-state index in [0.717, 1.165) is 30.2 Å². The van der Waals surface area contributed by atoms with Crippen molar-refractivity contribution in [3.63, 3.8) is 0 Å². The van der Waals surface area contributed by atoms with Crippen molar-refractivity contribution in [1.29, 1.82) is 0 Å². The number of nitrogen functional groups attached to an aromatic ring is 1. The minimum absolute atomic E-state index is 0.568. The molecular formula is C18H22N2O. The Morgan fingerprint density at radius 1 is 1.14 bits per heavy atom. The van der Waals surface area contributed by atoms with Crippen molar-refractivity contribution in [2.24, 2.45) is 0 Å². The van der Waals surface area contributed by atoms with Gasteiger partial charge in [0.15, 0.2) is 0 Å². The van der Waals surface area contributed by atoms with Crippen LogP contribution in [0.1, 0.15) is 30.9 Å². The second kappa shape index (κ2) is 5.68. The molecule has 3 nitrogen and oxygen atoms in total. The van der Waals surface area contributed by atoms with Gasteiger partial charge in [-0.05, 0) is 29.2 Å². The van der Waals surface area contributed by atoms with Crippen LogP contribution in [-0.2, 0) is 6.54 Å². The summed E-state index contributed by atoms with van der Waals surface area (Å²) in [7, 11) is 0. The van der Waals surface area contributed by atoms with Crippen molar-refractivity contribution in [2.45, 2.75) is 26.3 Å². The predicted molar refractivity (Wildman–Crippen MR) is 87.9 cm³/mol. The zero-order chi connectivity index (χ0) is 14.8. The molecule has 0 atom stereocenters. The molecule has 0 saturated heterocycles. The summed E-state index contributed by atoms with van der Waals surface area (Å²) in [4.78, 5) is 2.30. The molecule has 21 heavy (non-hydrogen) atoms. The third kappa shape index (κ3) is 2.82. The SMILES string of the molecule is CC(C)c1ccc(CN2CCOc3cccc(N)c32)cc1. The number of para-hydroxylation sites is 1. The first-order chi connectivity index (χ1) is 10.1. The van der Waals surface area contributed by atoms with Crippen LogP contribution in [0.4, 0.5) is 11.4 Å². The zero-order valence-corrected chi connectivity index (χ0v) is 12.7. The van der Waals surface area contributed by atoms with Crippen molar-refractivity contribution >= 4 is 11.4 Å². The third-order valence-electron chi connectivity index (χ3n) is 3.99. The number of rotatable bonds is 3. The number of anilines is 2. The fraction of sp³-hybridized carbons (Fsp3) is 0.333. The van der Waals surface area contributed by atoms with Crippen molar-refractivity contribution < 1.29 is 4.74 Å². The Morgan fingerprint density at radius 2 is 1.90 bits per heavy atom. The van der Waals surface area contributed by atoms with E-state index in [1.807, 2.05) is 18.2 Å². The molecule has 0 spiro atoms. The van der Waals surface area contributed by atoms with Crippen LogP contribution >= 0.6 is 0 Å². The van der Waals surface area contributed by atoms with Gasteiger partial charge in [0.1, 0.15) is 18.0 Å². The van der Waals surface area contributed by atoms with E-state index in [2.05, 4.69) is 43.0 Å². The molecule has 1 heterocycles. The van der Waals surface area contributed by atoms with E-state index < -0.39 is 0 Å². The van der Waals surface area contributed by atoms with E-state index in [0.29, 0.717) is 12.5 Å². The molecule has 2 N–H and O–H groups in total. The maximum absolute atomic E-state index is 6.13. The lowest BCUT2D eigenvalue weighted by Gasteiger charge is -2.32. The number of hydrogen-bond acceptors (Lipinski definition) is 3. The number of fused-ring (bicyclic) bond motifs is 1. The van der Waals surface area contributed by atoms with Crippen LogP contribution in [0.15, 0.2) is 42.5 Å². The predicted octanol–water partition coefficient (Wildman–Crippen LogP) is 3.79. The standard InChI is InChI=1S/C18H22N2O/c1-13(2)15-8-6-14(7-9-15)12-20-10-11-21-17-5-3-4-16(19)18(17)20/h3-9,13H,10-12,19H2,1-2H3.